The SMILES string of the molecule is COc1ccc(C(NC(=O)COc2ccc(Br)cc2Cl)C2CC2)cc1. The Bertz CT molecular complexity index is 747. The minimum atomic E-state index is -0.160. The van der Waals surface area contributed by atoms with Crippen LogP contribution < -0.4 is 14.8 Å². The van der Waals surface area contributed by atoms with Crippen LogP contribution >= 0.6 is 27.5 Å². The van der Waals surface area contributed by atoms with Crippen LogP contribution in [0.4, 0.5) is 0 Å². The van der Waals surface area contributed by atoms with Gasteiger partial charge in [-0.15, -0.1) is 0 Å². The van der Waals surface area contributed by atoms with Crippen LogP contribution in [-0.4, -0.2) is 19.6 Å². The van der Waals surface area contributed by atoms with Gasteiger partial charge in [0.05, 0.1) is 18.2 Å². The van der Waals surface area contributed by atoms with Crippen LogP contribution in [0.3, 0.4) is 0 Å². The van der Waals surface area contributed by atoms with Crippen molar-refractivity contribution in [1.29, 1.82) is 0 Å². The summed E-state index contributed by atoms with van der Waals surface area (Å²) in [5.74, 6) is 1.62. The molecule has 1 aliphatic carbocycles. The van der Waals surface area contributed by atoms with Crippen LogP contribution in [0, 0.1) is 5.92 Å². The van der Waals surface area contributed by atoms with E-state index in [-0.39, 0.29) is 18.6 Å². The van der Waals surface area contributed by atoms with Crippen molar-refractivity contribution in [3.8, 4) is 11.5 Å². The number of methoxy groups -OCH3 is 1. The van der Waals surface area contributed by atoms with E-state index in [9.17, 15) is 4.79 Å². The lowest BCUT2D eigenvalue weighted by Crippen LogP contribution is -2.33. The maximum atomic E-state index is 12.3. The van der Waals surface area contributed by atoms with Crippen LogP contribution in [0.15, 0.2) is 46.9 Å². The van der Waals surface area contributed by atoms with Crippen molar-refractivity contribution >= 4 is 33.4 Å². The predicted molar refractivity (Wildman–Crippen MR) is 101 cm³/mol. The molecule has 0 saturated heterocycles. The summed E-state index contributed by atoms with van der Waals surface area (Å²) in [6.07, 6.45) is 2.24. The Hall–Kier alpha value is -1.72. The smallest absolute Gasteiger partial charge is 0.258 e. The Morgan fingerprint density at radius 2 is 2.00 bits per heavy atom. The normalized spacial score (nSPS) is 14.7. The average molecular weight is 425 g/mol. The van der Waals surface area contributed by atoms with E-state index in [0.717, 1.165) is 28.6 Å². The van der Waals surface area contributed by atoms with E-state index in [1.807, 2.05) is 30.3 Å². The fourth-order valence-electron chi connectivity index (χ4n) is 2.66. The van der Waals surface area contributed by atoms with Gasteiger partial charge in [0.2, 0.25) is 0 Å². The lowest BCUT2D eigenvalue weighted by Gasteiger charge is -2.19. The highest BCUT2D eigenvalue weighted by Crippen LogP contribution is 2.41. The molecule has 1 aliphatic rings. The number of hydrogen-bond acceptors (Lipinski definition) is 3. The van der Waals surface area contributed by atoms with E-state index in [0.29, 0.717) is 16.7 Å². The van der Waals surface area contributed by atoms with Crippen LogP contribution in [0.1, 0.15) is 24.4 Å². The lowest BCUT2D eigenvalue weighted by atomic mass is 10.0. The fourth-order valence-corrected chi connectivity index (χ4v) is 3.39. The zero-order valence-electron chi connectivity index (χ0n) is 13.8. The maximum Gasteiger partial charge on any atom is 0.258 e. The van der Waals surface area contributed by atoms with Crippen molar-refractivity contribution in [3.63, 3.8) is 0 Å². The van der Waals surface area contributed by atoms with Crippen molar-refractivity contribution < 1.29 is 14.3 Å². The van der Waals surface area contributed by atoms with Crippen molar-refractivity contribution in [3.05, 3.63) is 57.5 Å². The quantitative estimate of drug-likeness (QED) is 0.697. The van der Waals surface area contributed by atoms with Gasteiger partial charge < -0.3 is 14.8 Å². The molecule has 6 heteroatoms. The first-order valence-corrected chi connectivity index (χ1v) is 9.25. The van der Waals surface area contributed by atoms with E-state index < -0.39 is 0 Å². The molecule has 0 spiro atoms. The first-order valence-electron chi connectivity index (χ1n) is 8.08. The van der Waals surface area contributed by atoms with Gasteiger partial charge in [-0.3, -0.25) is 4.79 Å². The Morgan fingerprint density at radius 1 is 1.28 bits per heavy atom. The summed E-state index contributed by atoms with van der Waals surface area (Å²) < 4.78 is 11.6. The number of carbonyl (C=O) groups is 1. The summed E-state index contributed by atoms with van der Waals surface area (Å²) in [4.78, 5) is 12.3. The van der Waals surface area contributed by atoms with Crippen LogP contribution in [0.5, 0.6) is 11.5 Å². The van der Waals surface area contributed by atoms with Gasteiger partial charge >= 0.3 is 0 Å². The molecule has 3 rings (SSSR count). The van der Waals surface area contributed by atoms with Crippen molar-refractivity contribution in [1.82, 2.24) is 5.32 Å². The second-order valence-corrected chi connectivity index (χ2v) is 7.34. The van der Waals surface area contributed by atoms with Gasteiger partial charge in [-0.25, -0.2) is 0 Å². The summed E-state index contributed by atoms with van der Waals surface area (Å²) in [7, 11) is 1.64. The topological polar surface area (TPSA) is 47.6 Å². The van der Waals surface area contributed by atoms with E-state index >= 15 is 0 Å². The predicted octanol–water partition coefficient (Wildman–Crippen LogP) is 4.76. The number of nitrogens with one attached hydrogen (secondary N) is 1. The first kappa shape index (κ1) is 18.1. The Balaban J connectivity index is 1.61. The van der Waals surface area contributed by atoms with Crippen LogP contribution in [0.25, 0.3) is 0 Å². The Labute approximate surface area is 160 Å². The molecule has 0 aliphatic heterocycles. The molecule has 132 valence electrons. The van der Waals surface area contributed by atoms with E-state index in [4.69, 9.17) is 21.1 Å². The second kappa shape index (κ2) is 8.11. The monoisotopic (exact) mass is 423 g/mol. The third-order valence-corrected chi connectivity index (χ3v) is 4.93. The molecule has 0 bridgehead atoms. The average Bonchev–Trinajstić information content (AvgIpc) is 3.44. The maximum absolute atomic E-state index is 12.3. The number of amides is 1. The molecular formula is C19H19BrClNO3. The zero-order valence-corrected chi connectivity index (χ0v) is 16.1. The Kier molecular flexibility index (Phi) is 5.86. The summed E-state index contributed by atoms with van der Waals surface area (Å²) in [5, 5.41) is 3.55. The van der Waals surface area contributed by atoms with Crippen molar-refractivity contribution in [2.75, 3.05) is 13.7 Å². The van der Waals surface area contributed by atoms with Crippen LogP contribution in [0.2, 0.25) is 5.02 Å². The zero-order chi connectivity index (χ0) is 17.8. The number of rotatable bonds is 7. The molecule has 1 atom stereocenters. The van der Waals surface area contributed by atoms with Crippen molar-refractivity contribution in [2.45, 2.75) is 18.9 Å². The lowest BCUT2D eigenvalue weighted by molar-refractivity contribution is -0.124. The third-order valence-electron chi connectivity index (χ3n) is 4.14. The number of benzene rings is 2. The number of carbonyl (C=O) groups excluding carboxylic acids is 1. The molecule has 0 heterocycles. The molecule has 0 aromatic heterocycles. The molecule has 1 saturated carbocycles. The van der Waals surface area contributed by atoms with Gasteiger partial charge in [0, 0.05) is 4.47 Å². The minimum absolute atomic E-state index is 0.00222. The number of ether oxygens (including phenoxy) is 2. The van der Waals surface area contributed by atoms with Gasteiger partial charge in [-0.2, -0.15) is 0 Å². The largest absolute Gasteiger partial charge is 0.497 e. The van der Waals surface area contributed by atoms with Crippen molar-refractivity contribution in [2.24, 2.45) is 5.92 Å². The van der Waals surface area contributed by atoms with Gasteiger partial charge in [-0.1, -0.05) is 39.7 Å². The van der Waals surface area contributed by atoms with Gasteiger partial charge in [0.25, 0.3) is 5.91 Å². The van der Waals surface area contributed by atoms with E-state index in [1.165, 1.54) is 0 Å². The molecule has 25 heavy (non-hydrogen) atoms. The molecular weight excluding hydrogens is 406 g/mol. The standard InChI is InChI=1S/C19H19BrClNO3/c1-24-15-7-4-13(5-8-15)19(12-2-3-12)22-18(23)11-25-17-9-6-14(20)10-16(17)21/h4-10,12,19H,2-3,11H2,1H3,(H,22,23). The summed E-state index contributed by atoms with van der Waals surface area (Å²) >= 11 is 9.44. The fraction of sp³-hybridized carbons (Fsp3) is 0.316. The van der Waals surface area contributed by atoms with Gasteiger partial charge in [0.1, 0.15) is 11.5 Å². The molecule has 1 amide bonds. The molecule has 0 radical (unpaired) electrons. The van der Waals surface area contributed by atoms with Gasteiger partial charge in [-0.05, 0) is 54.7 Å². The third kappa shape index (κ3) is 4.89. The minimum Gasteiger partial charge on any atom is -0.497 e. The molecule has 1 fully saturated rings. The molecule has 1 unspecified atom stereocenters. The van der Waals surface area contributed by atoms with Gasteiger partial charge in [0.15, 0.2) is 6.61 Å². The number of hydrogen-bond donors (Lipinski definition) is 1. The highest BCUT2D eigenvalue weighted by Gasteiger charge is 2.33. The van der Waals surface area contributed by atoms with E-state index in [2.05, 4.69) is 21.2 Å². The second-order valence-electron chi connectivity index (χ2n) is 6.02. The van der Waals surface area contributed by atoms with Crippen LogP contribution in [-0.2, 0) is 4.79 Å². The number of halogens is 2. The van der Waals surface area contributed by atoms with E-state index in [1.54, 1.807) is 19.2 Å². The molecule has 4 nitrogen and oxygen atoms in total. The summed E-state index contributed by atoms with van der Waals surface area (Å²) in [5.41, 5.74) is 1.08. The summed E-state index contributed by atoms with van der Waals surface area (Å²) in [6, 6.07) is 13.1. The summed E-state index contributed by atoms with van der Waals surface area (Å²) in [6.45, 7) is -0.0687. The molecule has 2 aromatic rings. The Morgan fingerprint density at radius 3 is 2.60 bits per heavy atom. The first-order chi connectivity index (χ1) is 12.1. The highest BCUT2D eigenvalue weighted by atomic mass is 79.9. The highest BCUT2D eigenvalue weighted by molar-refractivity contribution is 9.10. The molecule has 2 aromatic carbocycles. The molecule has 1 N–H and O–H groups in total.